The van der Waals surface area contributed by atoms with E-state index in [4.69, 9.17) is 16.0 Å². The molecule has 2 heterocycles. The van der Waals surface area contributed by atoms with Crippen LogP contribution >= 0.6 is 11.6 Å². The number of barbiturate groups is 1. The van der Waals surface area contributed by atoms with Crippen molar-refractivity contribution in [2.45, 2.75) is 0 Å². The lowest BCUT2D eigenvalue weighted by molar-refractivity contribution is -0.384. The number of anilines is 1. The van der Waals surface area contributed by atoms with Gasteiger partial charge in [0, 0.05) is 11.6 Å². The van der Waals surface area contributed by atoms with Gasteiger partial charge in [-0.25, -0.2) is 14.1 Å². The van der Waals surface area contributed by atoms with Crippen molar-refractivity contribution < 1.29 is 28.1 Å². The number of urea groups is 1. The topological polar surface area (TPSA) is 123 Å². The second kappa shape index (κ2) is 8.08. The molecule has 1 aliphatic heterocycles. The van der Waals surface area contributed by atoms with Crippen LogP contribution in [0, 0.1) is 15.9 Å². The summed E-state index contributed by atoms with van der Waals surface area (Å²) in [5.41, 5.74) is -0.276. The van der Waals surface area contributed by atoms with E-state index in [9.17, 15) is 28.9 Å². The highest BCUT2D eigenvalue weighted by Gasteiger charge is 2.37. The highest BCUT2D eigenvalue weighted by molar-refractivity contribution is 6.39. The van der Waals surface area contributed by atoms with Crippen LogP contribution in [-0.4, -0.2) is 22.8 Å². The Bertz CT molecular complexity index is 1320. The molecule has 0 unspecified atom stereocenters. The van der Waals surface area contributed by atoms with Gasteiger partial charge in [0.05, 0.1) is 10.6 Å². The Morgan fingerprint density at radius 1 is 1.06 bits per heavy atom. The van der Waals surface area contributed by atoms with Crippen molar-refractivity contribution in [1.29, 1.82) is 0 Å². The van der Waals surface area contributed by atoms with Gasteiger partial charge in [0.15, 0.2) is 0 Å². The Balaban J connectivity index is 1.67. The minimum absolute atomic E-state index is 0.0392. The number of carbonyl (C=O) groups excluding carboxylic acids is 3. The standard InChI is InChI=1S/C21H11ClFN3O6/c22-16-7-1-11(9-17(16)26(30)31)18-8-6-14(32-18)10-15-19(27)24-21(29)25(20(15)28)13-4-2-12(23)3-5-13/h1-10H,(H,24,27,29). The summed E-state index contributed by atoms with van der Waals surface area (Å²) in [6.07, 6.45) is 1.13. The Morgan fingerprint density at radius 2 is 1.78 bits per heavy atom. The molecule has 1 aliphatic rings. The number of nitro benzene ring substituents is 1. The van der Waals surface area contributed by atoms with Crippen LogP contribution < -0.4 is 10.2 Å². The molecule has 0 aliphatic carbocycles. The van der Waals surface area contributed by atoms with Gasteiger partial charge >= 0.3 is 6.03 Å². The highest BCUT2D eigenvalue weighted by atomic mass is 35.5. The van der Waals surface area contributed by atoms with Crippen molar-refractivity contribution in [3.8, 4) is 11.3 Å². The van der Waals surface area contributed by atoms with Gasteiger partial charge in [0.2, 0.25) is 0 Å². The van der Waals surface area contributed by atoms with Gasteiger partial charge in [-0.3, -0.25) is 25.0 Å². The first-order valence-electron chi connectivity index (χ1n) is 8.96. The van der Waals surface area contributed by atoms with Gasteiger partial charge in [-0.15, -0.1) is 0 Å². The lowest BCUT2D eigenvalue weighted by atomic mass is 10.1. The monoisotopic (exact) mass is 455 g/mol. The number of rotatable bonds is 4. The molecular formula is C21H11ClFN3O6. The fourth-order valence-electron chi connectivity index (χ4n) is 3.02. The van der Waals surface area contributed by atoms with Crippen molar-refractivity contribution in [3.63, 3.8) is 0 Å². The van der Waals surface area contributed by atoms with Gasteiger partial charge < -0.3 is 4.42 Å². The summed E-state index contributed by atoms with van der Waals surface area (Å²) >= 11 is 5.81. The molecule has 160 valence electrons. The van der Waals surface area contributed by atoms with Crippen LogP contribution in [0.25, 0.3) is 17.4 Å². The third-order valence-corrected chi connectivity index (χ3v) is 4.85. The first-order chi connectivity index (χ1) is 15.2. The Kier molecular flexibility index (Phi) is 5.29. The maximum atomic E-state index is 13.2. The summed E-state index contributed by atoms with van der Waals surface area (Å²) in [5, 5.41) is 13.1. The van der Waals surface area contributed by atoms with E-state index in [2.05, 4.69) is 0 Å². The van der Waals surface area contributed by atoms with Crippen molar-refractivity contribution in [2.24, 2.45) is 0 Å². The maximum absolute atomic E-state index is 13.2. The van der Waals surface area contributed by atoms with Crippen LogP contribution in [0.5, 0.6) is 0 Å². The number of furan rings is 1. The predicted molar refractivity (Wildman–Crippen MR) is 111 cm³/mol. The third-order valence-electron chi connectivity index (χ3n) is 4.53. The second-order valence-electron chi connectivity index (χ2n) is 6.56. The number of halogens is 2. The minimum atomic E-state index is -0.975. The lowest BCUT2D eigenvalue weighted by Gasteiger charge is -2.26. The van der Waals surface area contributed by atoms with Gasteiger partial charge in [-0.2, -0.15) is 0 Å². The second-order valence-corrected chi connectivity index (χ2v) is 6.97. The molecule has 4 amide bonds. The molecule has 9 nitrogen and oxygen atoms in total. The first kappa shape index (κ1) is 20.9. The zero-order valence-electron chi connectivity index (χ0n) is 15.9. The predicted octanol–water partition coefficient (Wildman–Crippen LogP) is 4.31. The van der Waals surface area contributed by atoms with Crippen LogP contribution in [0.4, 0.5) is 20.6 Å². The average molecular weight is 456 g/mol. The maximum Gasteiger partial charge on any atom is 0.335 e. The number of nitrogens with zero attached hydrogens (tertiary/aromatic N) is 2. The molecule has 0 saturated carbocycles. The third kappa shape index (κ3) is 3.86. The van der Waals surface area contributed by atoms with Crippen LogP contribution in [0.15, 0.2) is 64.6 Å². The number of imide groups is 2. The first-order valence-corrected chi connectivity index (χ1v) is 9.33. The van der Waals surface area contributed by atoms with E-state index in [-0.39, 0.29) is 27.9 Å². The number of hydrogen-bond acceptors (Lipinski definition) is 6. The highest BCUT2D eigenvalue weighted by Crippen LogP contribution is 2.32. The molecule has 32 heavy (non-hydrogen) atoms. The average Bonchev–Trinajstić information content (AvgIpc) is 3.21. The van der Waals surface area contributed by atoms with Crippen LogP contribution in [-0.2, 0) is 9.59 Å². The van der Waals surface area contributed by atoms with E-state index in [1.165, 1.54) is 42.5 Å². The zero-order valence-corrected chi connectivity index (χ0v) is 16.6. The zero-order chi connectivity index (χ0) is 23.0. The summed E-state index contributed by atoms with van der Waals surface area (Å²) in [7, 11) is 0. The minimum Gasteiger partial charge on any atom is -0.457 e. The summed E-state index contributed by atoms with van der Waals surface area (Å²) in [4.78, 5) is 48.4. The van der Waals surface area contributed by atoms with Crippen LogP contribution in [0.1, 0.15) is 5.76 Å². The van der Waals surface area contributed by atoms with E-state index in [0.29, 0.717) is 10.5 Å². The van der Waals surface area contributed by atoms with E-state index in [1.54, 1.807) is 0 Å². The molecule has 0 spiro atoms. The van der Waals surface area contributed by atoms with Crippen molar-refractivity contribution in [2.75, 3.05) is 4.90 Å². The molecule has 11 heteroatoms. The van der Waals surface area contributed by atoms with Gasteiger partial charge in [-0.1, -0.05) is 11.6 Å². The fraction of sp³-hybridized carbons (Fsp3) is 0. The van der Waals surface area contributed by atoms with Gasteiger partial charge in [-0.05, 0) is 54.6 Å². The molecular weight excluding hydrogens is 445 g/mol. The molecule has 1 saturated heterocycles. The molecule has 4 rings (SSSR count). The SMILES string of the molecule is O=C1NC(=O)N(c2ccc(F)cc2)C(=O)C1=Cc1ccc(-c2ccc(Cl)c([N+](=O)[O-])c2)o1. The van der Waals surface area contributed by atoms with Gasteiger partial charge in [0.1, 0.15) is 27.9 Å². The number of benzene rings is 2. The van der Waals surface area contributed by atoms with E-state index >= 15 is 0 Å². The molecule has 3 aromatic rings. The number of hydrogen-bond donors (Lipinski definition) is 1. The molecule has 0 radical (unpaired) electrons. The largest absolute Gasteiger partial charge is 0.457 e. The molecule has 2 aromatic carbocycles. The van der Waals surface area contributed by atoms with Crippen LogP contribution in [0.2, 0.25) is 5.02 Å². The molecule has 1 N–H and O–H groups in total. The summed E-state index contributed by atoms with van der Waals surface area (Å²) < 4.78 is 18.8. The smallest absolute Gasteiger partial charge is 0.335 e. The van der Waals surface area contributed by atoms with E-state index in [1.807, 2.05) is 5.32 Å². The Hall–Kier alpha value is -4.31. The quantitative estimate of drug-likeness (QED) is 0.270. The number of carbonyl (C=O) groups is 3. The Morgan fingerprint density at radius 3 is 2.47 bits per heavy atom. The van der Waals surface area contributed by atoms with Crippen LogP contribution in [0.3, 0.4) is 0 Å². The summed E-state index contributed by atoms with van der Waals surface area (Å²) in [5.74, 6) is -2.10. The number of nitro groups is 1. The number of amides is 4. The molecule has 1 fully saturated rings. The molecule has 0 atom stereocenters. The summed E-state index contributed by atoms with van der Waals surface area (Å²) in [6, 6.07) is 10.6. The normalized spacial score (nSPS) is 15.2. The van der Waals surface area contributed by atoms with E-state index in [0.717, 1.165) is 18.2 Å². The Labute approximate surface area is 183 Å². The van der Waals surface area contributed by atoms with E-state index < -0.39 is 34.2 Å². The lowest BCUT2D eigenvalue weighted by Crippen LogP contribution is -2.54. The van der Waals surface area contributed by atoms with Gasteiger partial charge in [0.25, 0.3) is 17.5 Å². The number of nitrogens with one attached hydrogen (secondary N) is 1. The van der Waals surface area contributed by atoms with Crippen molar-refractivity contribution in [1.82, 2.24) is 5.32 Å². The fourth-order valence-corrected chi connectivity index (χ4v) is 3.20. The van der Waals surface area contributed by atoms with Crippen molar-refractivity contribution >= 4 is 46.9 Å². The molecule has 0 bridgehead atoms. The summed E-state index contributed by atoms with van der Waals surface area (Å²) in [6.45, 7) is 0. The molecule has 1 aromatic heterocycles. The van der Waals surface area contributed by atoms with Crippen molar-refractivity contribution in [3.05, 3.63) is 86.9 Å².